The molecular formula is C14H16O2. The number of rotatable bonds is 4. The molecule has 1 aliphatic carbocycles. The molecule has 0 atom stereocenters. The molecule has 1 aromatic rings. The Morgan fingerprint density at radius 1 is 1.25 bits per heavy atom. The van der Waals surface area contributed by atoms with Crippen LogP contribution < -0.4 is 0 Å². The maximum Gasteiger partial charge on any atom is 0.162 e. The highest BCUT2D eigenvalue weighted by Gasteiger charge is 2.22. The van der Waals surface area contributed by atoms with Crippen molar-refractivity contribution >= 4 is 5.78 Å². The third-order valence-electron chi connectivity index (χ3n) is 3.52. The topological polar surface area (TPSA) is 26.3 Å². The number of carbonyl (C=O) groups excluding carboxylic acids is 1. The third-order valence-corrected chi connectivity index (χ3v) is 3.52. The highest BCUT2D eigenvalue weighted by molar-refractivity contribution is 5.96. The van der Waals surface area contributed by atoms with Gasteiger partial charge in [-0.2, -0.15) is 0 Å². The zero-order valence-corrected chi connectivity index (χ0v) is 9.37. The maximum absolute atomic E-state index is 11.9. The van der Waals surface area contributed by atoms with E-state index in [-0.39, 0.29) is 0 Å². The van der Waals surface area contributed by atoms with Crippen molar-refractivity contribution in [3.63, 3.8) is 0 Å². The van der Waals surface area contributed by atoms with Crippen LogP contribution in [0, 0.1) is 5.92 Å². The number of ether oxygens (including phenoxy) is 1. The molecule has 1 aliphatic heterocycles. The largest absolute Gasteiger partial charge is 0.372 e. The molecule has 2 nitrogen and oxygen atoms in total. The van der Waals surface area contributed by atoms with Gasteiger partial charge in [-0.15, -0.1) is 0 Å². The zero-order chi connectivity index (χ0) is 11.0. The molecule has 1 saturated carbocycles. The van der Waals surface area contributed by atoms with Crippen LogP contribution in [0.5, 0.6) is 0 Å². The molecule has 0 radical (unpaired) electrons. The smallest absolute Gasteiger partial charge is 0.162 e. The highest BCUT2D eigenvalue weighted by atomic mass is 16.5. The fraction of sp³-hybridized carbons (Fsp3) is 0.500. The number of carbonyl (C=O) groups is 1. The summed E-state index contributed by atoms with van der Waals surface area (Å²) in [4.78, 5) is 11.9. The van der Waals surface area contributed by atoms with Crippen molar-refractivity contribution in [1.29, 1.82) is 0 Å². The summed E-state index contributed by atoms with van der Waals surface area (Å²) in [5.74, 6) is 1.13. The molecule has 0 amide bonds. The van der Waals surface area contributed by atoms with Gasteiger partial charge in [0.05, 0.1) is 13.2 Å². The SMILES string of the molecule is O=C(CCC1CC1)c1ccc2c(c1)COC2. The Labute approximate surface area is 95.6 Å². The Morgan fingerprint density at radius 2 is 2.06 bits per heavy atom. The summed E-state index contributed by atoms with van der Waals surface area (Å²) in [6, 6.07) is 5.99. The van der Waals surface area contributed by atoms with Gasteiger partial charge in [-0.25, -0.2) is 0 Å². The van der Waals surface area contributed by atoms with Crippen molar-refractivity contribution in [3.05, 3.63) is 34.9 Å². The number of fused-ring (bicyclic) bond motifs is 1. The van der Waals surface area contributed by atoms with Crippen LogP contribution in [0.4, 0.5) is 0 Å². The van der Waals surface area contributed by atoms with E-state index < -0.39 is 0 Å². The Hall–Kier alpha value is -1.15. The van der Waals surface area contributed by atoms with Crippen LogP contribution >= 0.6 is 0 Å². The Balaban J connectivity index is 1.70. The summed E-state index contributed by atoms with van der Waals surface area (Å²) < 4.78 is 5.35. The van der Waals surface area contributed by atoms with Gasteiger partial charge in [-0.1, -0.05) is 25.0 Å². The minimum Gasteiger partial charge on any atom is -0.372 e. The van der Waals surface area contributed by atoms with Gasteiger partial charge in [0, 0.05) is 12.0 Å². The van der Waals surface area contributed by atoms with Gasteiger partial charge in [-0.05, 0) is 29.5 Å². The van der Waals surface area contributed by atoms with Crippen molar-refractivity contribution in [1.82, 2.24) is 0 Å². The molecule has 84 valence electrons. The summed E-state index contributed by atoms with van der Waals surface area (Å²) in [7, 11) is 0. The lowest BCUT2D eigenvalue weighted by Gasteiger charge is -2.03. The van der Waals surface area contributed by atoms with Crippen LogP contribution in [0.3, 0.4) is 0 Å². The van der Waals surface area contributed by atoms with Gasteiger partial charge in [0.15, 0.2) is 5.78 Å². The molecule has 2 heteroatoms. The normalized spacial score (nSPS) is 18.5. The van der Waals surface area contributed by atoms with Gasteiger partial charge in [-0.3, -0.25) is 4.79 Å². The fourth-order valence-electron chi connectivity index (χ4n) is 2.23. The van der Waals surface area contributed by atoms with Crippen LogP contribution in [0.1, 0.15) is 47.2 Å². The summed E-state index contributed by atoms with van der Waals surface area (Å²) in [5.41, 5.74) is 3.29. The first-order valence-electron chi connectivity index (χ1n) is 6.05. The number of hydrogen-bond donors (Lipinski definition) is 0. The van der Waals surface area contributed by atoms with Crippen LogP contribution in [0.2, 0.25) is 0 Å². The fourth-order valence-corrected chi connectivity index (χ4v) is 2.23. The van der Waals surface area contributed by atoms with E-state index in [9.17, 15) is 4.79 Å². The second-order valence-electron chi connectivity index (χ2n) is 4.88. The molecule has 0 bridgehead atoms. The molecular weight excluding hydrogens is 200 g/mol. The number of hydrogen-bond acceptors (Lipinski definition) is 2. The van der Waals surface area contributed by atoms with Crippen molar-refractivity contribution < 1.29 is 9.53 Å². The van der Waals surface area contributed by atoms with E-state index in [1.165, 1.54) is 24.0 Å². The summed E-state index contributed by atoms with van der Waals surface area (Å²) >= 11 is 0. The minimum atomic E-state index is 0.293. The van der Waals surface area contributed by atoms with Crippen LogP contribution in [-0.2, 0) is 18.0 Å². The Morgan fingerprint density at radius 3 is 2.88 bits per heavy atom. The van der Waals surface area contributed by atoms with Gasteiger partial charge in [0.25, 0.3) is 0 Å². The average molecular weight is 216 g/mol. The second kappa shape index (κ2) is 4.02. The lowest BCUT2D eigenvalue weighted by atomic mass is 10.0. The Kier molecular flexibility index (Phi) is 2.52. The van der Waals surface area contributed by atoms with E-state index in [1.54, 1.807) is 0 Å². The predicted octanol–water partition coefficient (Wildman–Crippen LogP) is 3.09. The molecule has 1 fully saturated rings. The van der Waals surface area contributed by atoms with E-state index >= 15 is 0 Å². The van der Waals surface area contributed by atoms with E-state index in [2.05, 4.69) is 0 Å². The zero-order valence-electron chi connectivity index (χ0n) is 9.37. The first-order chi connectivity index (χ1) is 7.83. The molecule has 0 unspecified atom stereocenters. The first-order valence-corrected chi connectivity index (χ1v) is 6.05. The molecule has 0 N–H and O–H groups in total. The van der Waals surface area contributed by atoms with Gasteiger partial charge >= 0.3 is 0 Å². The summed E-state index contributed by atoms with van der Waals surface area (Å²) in [6.45, 7) is 1.37. The van der Waals surface area contributed by atoms with Gasteiger partial charge in [0.1, 0.15) is 0 Å². The van der Waals surface area contributed by atoms with Crippen molar-refractivity contribution in [2.24, 2.45) is 5.92 Å². The van der Waals surface area contributed by atoms with E-state index in [0.29, 0.717) is 25.4 Å². The Bertz CT molecular complexity index is 419. The maximum atomic E-state index is 11.9. The first kappa shape index (κ1) is 10.0. The molecule has 2 aliphatic rings. The molecule has 0 saturated heterocycles. The summed E-state index contributed by atoms with van der Waals surface area (Å²) in [5, 5.41) is 0. The lowest BCUT2D eigenvalue weighted by Crippen LogP contribution is -2.00. The van der Waals surface area contributed by atoms with Crippen LogP contribution in [-0.4, -0.2) is 5.78 Å². The number of benzene rings is 1. The average Bonchev–Trinajstić information content (AvgIpc) is 3.01. The molecule has 0 aromatic heterocycles. The number of ketones is 1. The van der Waals surface area contributed by atoms with Gasteiger partial charge < -0.3 is 4.74 Å². The quantitative estimate of drug-likeness (QED) is 0.723. The van der Waals surface area contributed by atoms with Crippen LogP contribution in [0.25, 0.3) is 0 Å². The van der Waals surface area contributed by atoms with Crippen LogP contribution in [0.15, 0.2) is 18.2 Å². The monoisotopic (exact) mass is 216 g/mol. The predicted molar refractivity (Wildman–Crippen MR) is 61.2 cm³/mol. The van der Waals surface area contributed by atoms with E-state index in [0.717, 1.165) is 17.9 Å². The lowest BCUT2D eigenvalue weighted by molar-refractivity contribution is 0.0978. The minimum absolute atomic E-state index is 0.293. The molecule has 0 spiro atoms. The molecule has 3 rings (SSSR count). The van der Waals surface area contributed by atoms with Gasteiger partial charge in [0.2, 0.25) is 0 Å². The molecule has 1 aromatic carbocycles. The summed E-state index contributed by atoms with van der Waals surface area (Å²) in [6.07, 6.45) is 4.44. The van der Waals surface area contributed by atoms with Crippen molar-refractivity contribution in [2.75, 3.05) is 0 Å². The van der Waals surface area contributed by atoms with Crippen molar-refractivity contribution in [3.8, 4) is 0 Å². The molecule has 16 heavy (non-hydrogen) atoms. The third kappa shape index (κ3) is 2.03. The van der Waals surface area contributed by atoms with E-state index in [4.69, 9.17) is 4.74 Å². The highest BCUT2D eigenvalue weighted by Crippen LogP contribution is 2.34. The standard InChI is InChI=1S/C14H16O2/c15-14(6-3-10-1-2-10)11-4-5-12-8-16-9-13(12)7-11/h4-5,7,10H,1-3,6,8-9H2. The second-order valence-corrected chi connectivity index (χ2v) is 4.88. The van der Waals surface area contributed by atoms with Crippen molar-refractivity contribution in [2.45, 2.75) is 38.9 Å². The van der Waals surface area contributed by atoms with E-state index in [1.807, 2.05) is 18.2 Å². The molecule has 1 heterocycles. The number of Topliss-reactive ketones (excluding diaryl/α,β-unsaturated/α-hetero) is 1.